The maximum Gasteiger partial charge on any atom is 0.180 e. The van der Waals surface area contributed by atoms with Crippen molar-refractivity contribution in [1.29, 1.82) is 0 Å². The third-order valence-corrected chi connectivity index (χ3v) is 5.15. The molecule has 0 amide bonds. The van der Waals surface area contributed by atoms with E-state index in [9.17, 15) is 8.42 Å². The number of para-hydroxylation sites is 1. The summed E-state index contributed by atoms with van der Waals surface area (Å²) in [6.45, 7) is 1.83. The quantitative estimate of drug-likeness (QED) is 0.817. The second-order valence-corrected chi connectivity index (χ2v) is 6.74. The molecule has 1 aliphatic heterocycles. The lowest BCUT2D eigenvalue weighted by Crippen LogP contribution is -2.20. The van der Waals surface area contributed by atoms with Gasteiger partial charge in [0.1, 0.15) is 0 Å². The molecule has 1 fully saturated rings. The Morgan fingerprint density at radius 1 is 1.41 bits per heavy atom. The summed E-state index contributed by atoms with van der Waals surface area (Å²) in [5.41, 5.74) is 6.06. The maximum atomic E-state index is 12.2. The molecule has 1 aromatic rings. The van der Waals surface area contributed by atoms with Gasteiger partial charge in [0, 0.05) is 6.54 Å². The van der Waals surface area contributed by atoms with Gasteiger partial charge in [-0.05, 0) is 38.1 Å². The fourth-order valence-corrected chi connectivity index (χ4v) is 4.11. The standard InChI is InChI=1S/C12H18N2O2S/c1-14-7-6-10(8-14)9-17(15,16)12-5-3-2-4-11(12)13/h2-5,10H,6-9,13H2,1H3. The van der Waals surface area contributed by atoms with Crippen LogP contribution in [0, 0.1) is 5.92 Å². The Hall–Kier alpha value is -1.07. The zero-order valence-corrected chi connectivity index (χ0v) is 10.8. The van der Waals surface area contributed by atoms with E-state index in [-0.39, 0.29) is 16.6 Å². The molecule has 0 aromatic heterocycles. The maximum absolute atomic E-state index is 12.2. The van der Waals surface area contributed by atoms with Crippen molar-refractivity contribution in [3.63, 3.8) is 0 Å². The smallest absolute Gasteiger partial charge is 0.180 e. The number of benzene rings is 1. The van der Waals surface area contributed by atoms with Crippen LogP contribution in [0.15, 0.2) is 29.2 Å². The molecule has 4 nitrogen and oxygen atoms in total. The molecular weight excluding hydrogens is 236 g/mol. The third-order valence-electron chi connectivity index (χ3n) is 3.20. The molecule has 0 saturated carbocycles. The molecular formula is C12H18N2O2S. The number of likely N-dealkylation sites (tertiary alicyclic amines) is 1. The van der Waals surface area contributed by atoms with E-state index >= 15 is 0 Å². The van der Waals surface area contributed by atoms with Crippen LogP contribution in [0.3, 0.4) is 0 Å². The van der Waals surface area contributed by atoms with Crippen molar-refractivity contribution >= 4 is 15.5 Å². The van der Waals surface area contributed by atoms with Crippen LogP contribution in [-0.4, -0.2) is 39.2 Å². The van der Waals surface area contributed by atoms with Gasteiger partial charge in [0.05, 0.1) is 16.3 Å². The molecule has 2 rings (SSSR count). The second kappa shape index (κ2) is 4.66. The minimum Gasteiger partial charge on any atom is -0.398 e. The number of nitrogen functional groups attached to an aromatic ring is 1. The highest BCUT2D eigenvalue weighted by Crippen LogP contribution is 2.24. The largest absolute Gasteiger partial charge is 0.398 e. The summed E-state index contributed by atoms with van der Waals surface area (Å²) in [7, 11) is -1.23. The molecule has 17 heavy (non-hydrogen) atoms. The monoisotopic (exact) mass is 254 g/mol. The average molecular weight is 254 g/mol. The van der Waals surface area contributed by atoms with Gasteiger partial charge < -0.3 is 10.6 Å². The van der Waals surface area contributed by atoms with Gasteiger partial charge in [-0.3, -0.25) is 0 Å². The van der Waals surface area contributed by atoms with E-state index in [4.69, 9.17) is 5.73 Å². The predicted molar refractivity (Wildman–Crippen MR) is 68.5 cm³/mol. The first kappa shape index (κ1) is 12.4. The van der Waals surface area contributed by atoms with Crippen LogP contribution in [0.25, 0.3) is 0 Å². The Kier molecular flexibility index (Phi) is 3.40. The second-order valence-electron chi connectivity index (χ2n) is 4.74. The van der Waals surface area contributed by atoms with Crippen LogP contribution in [-0.2, 0) is 9.84 Å². The van der Waals surface area contributed by atoms with E-state index in [1.807, 2.05) is 7.05 Å². The van der Waals surface area contributed by atoms with Gasteiger partial charge in [-0.25, -0.2) is 8.42 Å². The summed E-state index contributed by atoms with van der Waals surface area (Å²) in [5, 5.41) is 0. The van der Waals surface area contributed by atoms with Crippen molar-refractivity contribution in [2.75, 3.05) is 31.6 Å². The first-order valence-electron chi connectivity index (χ1n) is 5.75. The molecule has 1 heterocycles. The lowest BCUT2D eigenvalue weighted by atomic mass is 10.2. The SMILES string of the molecule is CN1CCC(CS(=O)(=O)c2ccccc2N)C1. The van der Waals surface area contributed by atoms with Crippen LogP contribution in [0.4, 0.5) is 5.69 Å². The average Bonchev–Trinajstić information content (AvgIpc) is 2.63. The Balaban J connectivity index is 2.17. The van der Waals surface area contributed by atoms with Crippen LogP contribution < -0.4 is 5.73 Å². The number of anilines is 1. The molecule has 2 N–H and O–H groups in total. The molecule has 0 bridgehead atoms. The zero-order chi connectivity index (χ0) is 12.5. The van der Waals surface area contributed by atoms with Crippen LogP contribution >= 0.6 is 0 Å². The van der Waals surface area contributed by atoms with Gasteiger partial charge in [-0.15, -0.1) is 0 Å². The summed E-state index contributed by atoms with van der Waals surface area (Å²) in [4.78, 5) is 2.43. The van der Waals surface area contributed by atoms with Crippen molar-refractivity contribution in [2.24, 2.45) is 5.92 Å². The van der Waals surface area contributed by atoms with Crippen molar-refractivity contribution in [3.8, 4) is 0 Å². The van der Waals surface area contributed by atoms with Crippen molar-refractivity contribution in [1.82, 2.24) is 4.90 Å². The van der Waals surface area contributed by atoms with Gasteiger partial charge >= 0.3 is 0 Å². The molecule has 0 spiro atoms. The third kappa shape index (κ3) is 2.79. The van der Waals surface area contributed by atoms with Gasteiger partial charge in [0.2, 0.25) is 0 Å². The Labute approximate surface area is 102 Å². The summed E-state index contributed by atoms with van der Waals surface area (Å²) in [6.07, 6.45) is 0.947. The predicted octanol–water partition coefficient (Wildman–Crippen LogP) is 0.994. The highest BCUT2D eigenvalue weighted by atomic mass is 32.2. The molecule has 0 radical (unpaired) electrons. The van der Waals surface area contributed by atoms with E-state index in [0.717, 1.165) is 19.5 Å². The number of rotatable bonds is 3. The van der Waals surface area contributed by atoms with Gasteiger partial charge in [-0.1, -0.05) is 12.1 Å². The normalized spacial score (nSPS) is 21.8. The van der Waals surface area contributed by atoms with Crippen molar-refractivity contribution in [3.05, 3.63) is 24.3 Å². The van der Waals surface area contributed by atoms with E-state index in [2.05, 4.69) is 4.90 Å². The van der Waals surface area contributed by atoms with Crippen LogP contribution in [0.1, 0.15) is 6.42 Å². The summed E-state index contributed by atoms with van der Waals surface area (Å²) >= 11 is 0. The fraction of sp³-hybridized carbons (Fsp3) is 0.500. The van der Waals surface area contributed by atoms with Gasteiger partial charge in [0.25, 0.3) is 0 Å². The molecule has 0 aliphatic carbocycles. The van der Waals surface area contributed by atoms with E-state index in [1.54, 1.807) is 24.3 Å². The van der Waals surface area contributed by atoms with E-state index in [0.29, 0.717) is 5.69 Å². The van der Waals surface area contributed by atoms with Crippen molar-refractivity contribution < 1.29 is 8.42 Å². The zero-order valence-electron chi connectivity index (χ0n) is 9.96. The molecule has 1 saturated heterocycles. The summed E-state index contributed by atoms with van der Waals surface area (Å²) in [5.74, 6) is 0.426. The summed E-state index contributed by atoms with van der Waals surface area (Å²) < 4.78 is 24.4. The molecule has 5 heteroatoms. The number of nitrogens with zero attached hydrogens (tertiary/aromatic N) is 1. The van der Waals surface area contributed by atoms with Crippen LogP contribution in [0.2, 0.25) is 0 Å². The Morgan fingerprint density at radius 3 is 2.71 bits per heavy atom. The van der Waals surface area contributed by atoms with Gasteiger partial charge in [-0.2, -0.15) is 0 Å². The summed E-state index contributed by atoms with van der Waals surface area (Å²) in [6, 6.07) is 6.68. The Bertz CT molecular complexity index is 499. The van der Waals surface area contributed by atoms with Crippen molar-refractivity contribution in [2.45, 2.75) is 11.3 Å². The molecule has 1 aliphatic rings. The number of hydrogen-bond donors (Lipinski definition) is 1. The first-order chi connectivity index (χ1) is 7.99. The molecule has 1 aromatic carbocycles. The Morgan fingerprint density at radius 2 is 2.12 bits per heavy atom. The number of hydrogen-bond acceptors (Lipinski definition) is 4. The fourth-order valence-electron chi connectivity index (χ4n) is 2.33. The molecule has 94 valence electrons. The lowest BCUT2D eigenvalue weighted by molar-refractivity contribution is 0.401. The first-order valence-corrected chi connectivity index (χ1v) is 7.40. The molecule has 1 atom stereocenters. The number of sulfone groups is 1. The van der Waals surface area contributed by atoms with E-state index < -0.39 is 9.84 Å². The minimum absolute atomic E-state index is 0.200. The van der Waals surface area contributed by atoms with E-state index in [1.165, 1.54) is 0 Å². The highest BCUT2D eigenvalue weighted by molar-refractivity contribution is 7.91. The topological polar surface area (TPSA) is 63.4 Å². The van der Waals surface area contributed by atoms with Gasteiger partial charge in [0.15, 0.2) is 9.84 Å². The van der Waals surface area contributed by atoms with Crippen LogP contribution in [0.5, 0.6) is 0 Å². The minimum atomic E-state index is -3.25. The number of nitrogens with two attached hydrogens (primary N) is 1. The highest BCUT2D eigenvalue weighted by Gasteiger charge is 2.27. The lowest BCUT2D eigenvalue weighted by Gasteiger charge is -2.12. The molecule has 1 unspecified atom stereocenters.